The van der Waals surface area contributed by atoms with Gasteiger partial charge in [-0.1, -0.05) is 12.1 Å². The van der Waals surface area contributed by atoms with Crippen LogP contribution in [0.1, 0.15) is 0 Å². The molecule has 0 amide bonds. The number of aromatic nitrogens is 2. The van der Waals surface area contributed by atoms with Gasteiger partial charge in [-0.05, 0) is 17.7 Å². The zero-order chi connectivity index (χ0) is 9.97. The number of nitrogens with zero attached hydrogens (tertiary/aromatic N) is 2. The monoisotopic (exact) mass is 190 g/mol. The topological polar surface area (TPSA) is 46.0 Å². The van der Waals surface area contributed by atoms with Gasteiger partial charge in [0.25, 0.3) is 0 Å². The van der Waals surface area contributed by atoms with E-state index in [1.165, 1.54) is 24.7 Å². The molecular formula is C10H7FN2O. The van der Waals surface area contributed by atoms with Crippen LogP contribution in [0.3, 0.4) is 0 Å². The first-order valence-corrected chi connectivity index (χ1v) is 4.02. The van der Waals surface area contributed by atoms with Crippen molar-refractivity contribution in [3.63, 3.8) is 0 Å². The number of hydrogen-bond donors (Lipinski definition) is 1. The lowest BCUT2D eigenvalue weighted by molar-refractivity contribution is 0.454. The number of benzene rings is 1. The molecule has 2 rings (SSSR count). The Morgan fingerprint density at radius 2 is 1.86 bits per heavy atom. The largest absolute Gasteiger partial charge is 0.493 e. The summed E-state index contributed by atoms with van der Waals surface area (Å²) in [5.74, 6) is -0.420. The molecule has 14 heavy (non-hydrogen) atoms. The van der Waals surface area contributed by atoms with Crippen LogP contribution in [-0.2, 0) is 0 Å². The predicted molar refractivity (Wildman–Crippen MR) is 49.1 cm³/mol. The third-order valence-electron chi connectivity index (χ3n) is 1.85. The molecule has 0 fully saturated rings. The first-order chi connectivity index (χ1) is 6.77. The second kappa shape index (κ2) is 3.41. The highest BCUT2D eigenvalue weighted by atomic mass is 19.1. The fourth-order valence-electron chi connectivity index (χ4n) is 1.16. The number of halogens is 1. The third kappa shape index (κ3) is 1.54. The summed E-state index contributed by atoms with van der Waals surface area (Å²) in [5, 5.41) is 9.39. The molecule has 0 spiro atoms. The third-order valence-corrected chi connectivity index (χ3v) is 1.85. The zero-order valence-corrected chi connectivity index (χ0v) is 7.18. The summed E-state index contributed by atoms with van der Waals surface area (Å²) in [6.45, 7) is 0. The van der Waals surface area contributed by atoms with Crippen LogP contribution in [0.4, 0.5) is 4.39 Å². The zero-order valence-electron chi connectivity index (χ0n) is 7.18. The van der Waals surface area contributed by atoms with Gasteiger partial charge in [0, 0.05) is 6.20 Å². The van der Waals surface area contributed by atoms with Gasteiger partial charge >= 0.3 is 0 Å². The second-order valence-corrected chi connectivity index (χ2v) is 2.77. The van der Waals surface area contributed by atoms with Crippen LogP contribution in [0.15, 0.2) is 36.8 Å². The summed E-state index contributed by atoms with van der Waals surface area (Å²) in [7, 11) is 0. The van der Waals surface area contributed by atoms with Gasteiger partial charge in [0.05, 0.1) is 5.56 Å². The van der Waals surface area contributed by atoms with E-state index in [1.54, 1.807) is 12.1 Å². The van der Waals surface area contributed by atoms with Gasteiger partial charge in [-0.15, -0.1) is 0 Å². The molecule has 0 saturated carbocycles. The number of aromatic hydroxyl groups is 1. The first-order valence-electron chi connectivity index (χ1n) is 4.02. The van der Waals surface area contributed by atoms with Crippen molar-refractivity contribution in [3.8, 4) is 17.0 Å². The van der Waals surface area contributed by atoms with E-state index in [1.807, 2.05) is 0 Å². The van der Waals surface area contributed by atoms with Crippen molar-refractivity contribution in [1.29, 1.82) is 0 Å². The van der Waals surface area contributed by atoms with Crippen molar-refractivity contribution >= 4 is 0 Å². The van der Waals surface area contributed by atoms with Crippen LogP contribution < -0.4 is 0 Å². The van der Waals surface area contributed by atoms with E-state index in [0.29, 0.717) is 11.1 Å². The van der Waals surface area contributed by atoms with Crippen LogP contribution in [0, 0.1) is 5.82 Å². The maximum absolute atomic E-state index is 12.6. The Balaban J connectivity index is 2.50. The average Bonchev–Trinajstić information content (AvgIpc) is 2.20. The number of hydrogen-bond acceptors (Lipinski definition) is 3. The van der Waals surface area contributed by atoms with Gasteiger partial charge in [0.2, 0.25) is 5.88 Å². The molecule has 0 radical (unpaired) electrons. The Labute approximate surface area is 79.9 Å². The summed E-state index contributed by atoms with van der Waals surface area (Å²) < 4.78 is 12.6. The van der Waals surface area contributed by atoms with Crippen LogP contribution in [0.2, 0.25) is 0 Å². The summed E-state index contributed by atoms with van der Waals surface area (Å²) in [5.41, 5.74) is 1.18. The van der Waals surface area contributed by atoms with Gasteiger partial charge in [0.1, 0.15) is 12.1 Å². The molecule has 0 aliphatic rings. The maximum atomic E-state index is 12.6. The van der Waals surface area contributed by atoms with Crippen molar-refractivity contribution in [2.45, 2.75) is 0 Å². The molecule has 0 unspecified atom stereocenters. The van der Waals surface area contributed by atoms with Crippen LogP contribution in [-0.4, -0.2) is 15.1 Å². The number of rotatable bonds is 1. The molecule has 0 bridgehead atoms. The molecule has 2 aromatic rings. The molecule has 1 aromatic heterocycles. The highest BCUT2D eigenvalue weighted by molar-refractivity contribution is 5.66. The van der Waals surface area contributed by atoms with Crippen molar-refractivity contribution in [3.05, 3.63) is 42.6 Å². The summed E-state index contributed by atoms with van der Waals surface area (Å²) in [4.78, 5) is 7.41. The molecule has 0 atom stereocenters. The average molecular weight is 190 g/mol. The van der Waals surface area contributed by atoms with Gasteiger partial charge in [-0.3, -0.25) is 0 Å². The first kappa shape index (κ1) is 8.62. The van der Waals surface area contributed by atoms with E-state index in [4.69, 9.17) is 0 Å². The maximum Gasteiger partial charge on any atom is 0.221 e. The lowest BCUT2D eigenvalue weighted by atomic mass is 10.1. The Morgan fingerprint density at radius 3 is 2.50 bits per heavy atom. The molecule has 1 N–H and O–H groups in total. The minimum atomic E-state index is -0.315. The molecule has 70 valence electrons. The minimum Gasteiger partial charge on any atom is -0.493 e. The molecule has 0 saturated heterocycles. The normalized spacial score (nSPS) is 10.1. The van der Waals surface area contributed by atoms with E-state index in [0.717, 1.165) is 0 Å². The van der Waals surface area contributed by atoms with E-state index in [9.17, 15) is 9.50 Å². The Bertz CT molecular complexity index is 442. The van der Waals surface area contributed by atoms with Gasteiger partial charge in [-0.2, -0.15) is 0 Å². The molecule has 0 aliphatic heterocycles. The summed E-state index contributed by atoms with van der Waals surface area (Å²) in [6, 6.07) is 5.77. The fourth-order valence-corrected chi connectivity index (χ4v) is 1.16. The van der Waals surface area contributed by atoms with Crippen molar-refractivity contribution < 1.29 is 9.50 Å². The molecule has 1 aromatic carbocycles. The van der Waals surface area contributed by atoms with Crippen molar-refractivity contribution in [1.82, 2.24) is 9.97 Å². The minimum absolute atomic E-state index is 0.105. The van der Waals surface area contributed by atoms with E-state index in [-0.39, 0.29) is 11.7 Å². The standard InChI is InChI=1S/C10H7FN2O/c11-8-3-1-7(2-4-8)9-5-12-6-13-10(9)14/h1-6H,(H,12,13,14). The molecular weight excluding hydrogens is 183 g/mol. The quantitative estimate of drug-likeness (QED) is 0.747. The van der Waals surface area contributed by atoms with Crippen molar-refractivity contribution in [2.24, 2.45) is 0 Å². The lowest BCUT2D eigenvalue weighted by Gasteiger charge is -2.01. The highest BCUT2D eigenvalue weighted by Crippen LogP contribution is 2.25. The lowest BCUT2D eigenvalue weighted by Crippen LogP contribution is -1.84. The predicted octanol–water partition coefficient (Wildman–Crippen LogP) is 1.99. The molecule has 0 aliphatic carbocycles. The molecule has 4 heteroatoms. The van der Waals surface area contributed by atoms with Gasteiger partial charge < -0.3 is 5.11 Å². The smallest absolute Gasteiger partial charge is 0.221 e. The summed E-state index contributed by atoms with van der Waals surface area (Å²) in [6.07, 6.45) is 2.73. The van der Waals surface area contributed by atoms with E-state index in [2.05, 4.69) is 9.97 Å². The Hall–Kier alpha value is -1.97. The van der Waals surface area contributed by atoms with Crippen LogP contribution in [0.25, 0.3) is 11.1 Å². The summed E-state index contributed by atoms with van der Waals surface area (Å²) >= 11 is 0. The Kier molecular flexibility index (Phi) is 2.10. The second-order valence-electron chi connectivity index (χ2n) is 2.77. The van der Waals surface area contributed by atoms with Gasteiger partial charge in [0.15, 0.2) is 0 Å². The van der Waals surface area contributed by atoms with E-state index < -0.39 is 0 Å². The molecule has 1 heterocycles. The molecule has 3 nitrogen and oxygen atoms in total. The Morgan fingerprint density at radius 1 is 1.14 bits per heavy atom. The van der Waals surface area contributed by atoms with Gasteiger partial charge in [-0.25, -0.2) is 14.4 Å². The van der Waals surface area contributed by atoms with Crippen LogP contribution >= 0.6 is 0 Å². The van der Waals surface area contributed by atoms with Crippen LogP contribution in [0.5, 0.6) is 5.88 Å². The SMILES string of the molecule is Oc1ncncc1-c1ccc(F)cc1. The highest BCUT2D eigenvalue weighted by Gasteiger charge is 2.04. The fraction of sp³-hybridized carbons (Fsp3) is 0. The van der Waals surface area contributed by atoms with E-state index >= 15 is 0 Å². The van der Waals surface area contributed by atoms with Crippen molar-refractivity contribution in [2.75, 3.05) is 0 Å².